The lowest BCUT2D eigenvalue weighted by atomic mass is 10.3. The maximum absolute atomic E-state index is 10.8. The van der Waals surface area contributed by atoms with Crippen LogP contribution < -0.4 is 0 Å². The smallest absolute Gasteiger partial charge is 0.354 e. The maximum Gasteiger partial charge on any atom is 0.354 e. The van der Waals surface area contributed by atoms with Crippen molar-refractivity contribution in [2.24, 2.45) is 0 Å². The van der Waals surface area contributed by atoms with E-state index in [1.54, 1.807) is 13.0 Å². The second-order valence-corrected chi connectivity index (χ2v) is 2.69. The third kappa shape index (κ3) is 1.14. The van der Waals surface area contributed by atoms with E-state index in [0.717, 1.165) is 0 Å². The van der Waals surface area contributed by atoms with Gasteiger partial charge in [-0.25, -0.2) is 14.3 Å². The van der Waals surface area contributed by atoms with Crippen LogP contribution in [0, 0.1) is 6.92 Å². The Labute approximate surface area is 73.6 Å². The molecule has 5 heteroatoms. The molecule has 0 aliphatic rings. The number of aromatic nitrogens is 3. The van der Waals surface area contributed by atoms with Gasteiger partial charge in [0.15, 0.2) is 11.3 Å². The molecule has 5 nitrogen and oxygen atoms in total. The fraction of sp³-hybridized carbons (Fsp3) is 0.125. The molecular weight excluding hydrogens is 170 g/mol. The van der Waals surface area contributed by atoms with Crippen molar-refractivity contribution < 1.29 is 9.90 Å². The summed E-state index contributed by atoms with van der Waals surface area (Å²) in [5.41, 5.74) is 1.36. The molecule has 66 valence electrons. The van der Waals surface area contributed by atoms with Crippen molar-refractivity contribution in [1.82, 2.24) is 14.6 Å². The monoisotopic (exact) mass is 177 g/mol. The molecule has 0 bridgehead atoms. The second-order valence-electron chi connectivity index (χ2n) is 2.69. The molecule has 0 amide bonds. The minimum atomic E-state index is -1.00. The van der Waals surface area contributed by atoms with Crippen LogP contribution in [0.1, 0.15) is 16.2 Å². The standard InChI is InChI=1S/C8H7N3O2/c1-5-4-6(8(12)13)11-7(10-5)2-3-9-11/h2-4H,1H3,(H,12,13). The van der Waals surface area contributed by atoms with Gasteiger partial charge in [0.2, 0.25) is 0 Å². The summed E-state index contributed by atoms with van der Waals surface area (Å²) in [4.78, 5) is 14.9. The van der Waals surface area contributed by atoms with Crippen molar-refractivity contribution in [2.45, 2.75) is 6.92 Å². The van der Waals surface area contributed by atoms with E-state index in [2.05, 4.69) is 10.1 Å². The van der Waals surface area contributed by atoms with Crippen LogP contribution in [0.4, 0.5) is 0 Å². The number of aryl methyl sites for hydroxylation is 1. The molecule has 0 atom stereocenters. The Morgan fingerprint density at radius 2 is 2.38 bits per heavy atom. The molecule has 2 aromatic rings. The summed E-state index contributed by atoms with van der Waals surface area (Å²) < 4.78 is 1.30. The molecule has 0 radical (unpaired) electrons. The van der Waals surface area contributed by atoms with E-state index in [1.807, 2.05) is 0 Å². The van der Waals surface area contributed by atoms with Gasteiger partial charge in [0, 0.05) is 11.8 Å². The van der Waals surface area contributed by atoms with Crippen LogP contribution in [-0.4, -0.2) is 25.7 Å². The van der Waals surface area contributed by atoms with E-state index in [1.165, 1.54) is 16.8 Å². The molecule has 2 aromatic heterocycles. The Kier molecular flexibility index (Phi) is 1.51. The molecule has 0 saturated heterocycles. The Hall–Kier alpha value is -1.91. The van der Waals surface area contributed by atoms with Crippen LogP contribution in [0.15, 0.2) is 18.3 Å². The first kappa shape index (κ1) is 7.72. The molecule has 1 N–H and O–H groups in total. The van der Waals surface area contributed by atoms with Crippen molar-refractivity contribution in [3.8, 4) is 0 Å². The van der Waals surface area contributed by atoms with Crippen molar-refractivity contribution in [3.05, 3.63) is 29.7 Å². The van der Waals surface area contributed by atoms with E-state index in [0.29, 0.717) is 11.3 Å². The van der Waals surface area contributed by atoms with Gasteiger partial charge < -0.3 is 5.11 Å². The number of aromatic carboxylic acids is 1. The molecule has 2 rings (SSSR count). The molecule has 0 aliphatic heterocycles. The summed E-state index contributed by atoms with van der Waals surface area (Å²) in [6.07, 6.45) is 1.52. The zero-order valence-corrected chi connectivity index (χ0v) is 6.93. The summed E-state index contributed by atoms with van der Waals surface area (Å²) >= 11 is 0. The summed E-state index contributed by atoms with van der Waals surface area (Å²) in [5, 5.41) is 12.7. The van der Waals surface area contributed by atoms with Crippen LogP contribution in [-0.2, 0) is 0 Å². The third-order valence-corrected chi connectivity index (χ3v) is 1.71. The van der Waals surface area contributed by atoms with Crippen molar-refractivity contribution in [3.63, 3.8) is 0 Å². The molecule has 0 aromatic carbocycles. The van der Waals surface area contributed by atoms with Gasteiger partial charge >= 0.3 is 5.97 Å². The number of carboxylic acid groups (broad SMARTS) is 1. The fourth-order valence-electron chi connectivity index (χ4n) is 1.19. The Morgan fingerprint density at radius 3 is 3.08 bits per heavy atom. The molecule has 0 spiro atoms. The van der Waals surface area contributed by atoms with Crippen LogP contribution in [0.5, 0.6) is 0 Å². The quantitative estimate of drug-likeness (QED) is 0.697. The number of nitrogens with zero attached hydrogens (tertiary/aromatic N) is 3. The number of fused-ring (bicyclic) bond motifs is 1. The van der Waals surface area contributed by atoms with Crippen LogP contribution >= 0.6 is 0 Å². The number of rotatable bonds is 1. The maximum atomic E-state index is 10.8. The van der Waals surface area contributed by atoms with Crippen molar-refractivity contribution in [1.29, 1.82) is 0 Å². The van der Waals surface area contributed by atoms with Gasteiger partial charge in [-0.1, -0.05) is 0 Å². The minimum Gasteiger partial charge on any atom is -0.477 e. The van der Waals surface area contributed by atoms with Gasteiger partial charge in [-0.2, -0.15) is 5.10 Å². The van der Waals surface area contributed by atoms with E-state index in [9.17, 15) is 4.79 Å². The Balaban J connectivity index is 2.84. The van der Waals surface area contributed by atoms with Gasteiger partial charge in [-0.3, -0.25) is 0 Å². The summed E-state index contributed by atoms with van der Waals surface area (Å²) in [5.74, 6) is -1.00. The van der Waals surface area contributed by atoms with Gasteiger partial charge in [0.05, 0.1) is 6.20 Å². The van der Waals surface area contributed by atoms with Crippen molar-refractivity contribution in [2.75, 3.05) is 0 Å². The number of hydrogen-bond donors (Lipinski definition) is 1. The zero-order chi connectivity index (χ0) is 9.42. The summed E-state index contributed by atoms with van der Waals surface area (Å²) in [6, 6.07) is 3.15. The first-order valence-corrected chi connectivity index (χ1v) is 3.73. The highest BCUT2D eigenvalue weighted by atomic mass is 16.4. The highest BCUT2D eigenvalue weighted by Gasteiger charge is 2.10. The topological polar surface area (TPSA) is 67.5 Å². The fourth-order valence-corrected chi connectivity index (χ4v) is 1.19. The highest BCUT2D eigenvalue weighted by molar-refractivity contribution is 5.86. The summed E-state index contributed by atoms with van der Waals surface area (Å²) in [7, 11) is 0. The van der Waals surface area contributed by atoms with Crippen LogP contribution in [0.3, 0.4) is 0 Å². The number of carbonyl (C=O) groups is 1. The average molecular weight is 177 g/mol. The lowest BCUT2D eigenvalue weighted by Gasteiger charge is -2.00. The van der Waals surface area contributed by atoms with Crippen molar-refractivity contribution >= 4 is 11.6 Å². The third-order valence-electron chi connectivity index (χ3n) is 1.71. The van der Waals surface area contributed by atoms with E-state index >= 15 is 0 Å². The molecule has 0 aliphatic carbocycles. The van der Waals surface area contributed by atoms with Crippen LogP contribution in [0.25, 0.3) is 5.65 Å². The predicted molar refractivity (Wildman–Crippen MR) is 44.7 cm³/mol. The van der Waals surface area contributed by atoms with Gasteiger partial charge in [-0.05, 0) is 13.0 Å². The first-order chi connectivity index (χ1) is 6.18. The van der Waals surface area contributed by atoms with Crippen LogP contribution in [0.2, 0.25) is 0 Å². The number of hydrogen-bond acceptors (Lipinski definition) is 3. The largest absolute Gasteiger partial charge is 0.477 e. The normalized spacial score (nSPS) is 10.5. The highest BCUT2D eigenvalue weighted by Crippen LogP contribution is 2.06. The molecule has 13 heavy (non-hydrogen) atoms. The lowest BCUT2D eigenvalue weighted by Crippen LogP contribution is -2.07. The Morgan fingerprint density at radius 1 is 1.62 bits per heavy atom. The molecule has 0 fully saturated rings. The minimum absolute atomic E-state index is 0.132. The zero-order valence-electron chi connectivity index (χ0n) is 6.93. The number of carboxylic acids is 1. The van der Waals surface area contributed by atoms with Gasteiger partial charge in [-0.15, -0.1) is 0 Å². The lowest BCUT2D eigenvalue weighted by molar-refractivity contribution is 0.0687. The summed E-state index contributed by atoms with van der Waals surface area (Å²) in [6.45, 7) is 1.75. The Bertz CT molecular complexity index is 475. The van der Waals surface area contributed by atoms with E-state index < -0.39 is 5.97 Å². The van der Waals surface area contributed by atoms with E-state index in [4.69, 9.17) is 5.11 Å². The van der Waals surface area contributed by atoms with E-state index in [-0.39, 0.29) is 5.69 Å². The first-order valence-electron chi connectivity index (χ1n) is 3.73. The van der Waals surface area contributed by atoms with Gasteiger partial charge in [0.1, 0.15) is 0 Å². The molecule has 0 saturated carbocycles. The second kappa shape index (κ2) is 2.55. The predicted octanol–water partition coefficient (Wildman–Crippen LogP) is 0.736. The average Bonchev–Trinajstić information content (AvgIpc) is 2.49. The molecule has 0 unspecified atom stereocenters. The molecular formula is C8H7N3O2. The SMILES string of the molecule is Cc1cc(C(=O)O)n2nccc2n1. The molecule has 2 heterocycles. The van der Waals surface area contributed by atoms with Gasteiger partial charge in [0.25, 0.3) is 0 Å².